The van der Waals surface area contributed by atoms with Gasteiger partial charge in [0.1, 0.15) is 0 Å². The molecular weight excluding hydrogens is 232 g/mol. The standard InChI is InChI=1S/C18H26O/c1-3-14-5-4-6-16(12-14)18(19)10-9-15-8-7-13(2)11-17(15)18/h7-8,11,14,16,19H,3-6,9-10,12H2,1-2H3. The lowest BCUT2D eigenvalue weighted by atomic mass is 9.70. The van der Waals surface area contributed by atoms with Gasteiger partial charge in [0.2, 0.25) is 0 Å². The molecule has 1 saturated carbocycles. The summed E-state index contributed by atoms with van der Waals surface area (Å²) in [6, 6.07) is 6.64. The van der Waals surface area contributed by atoms with Gasteiger partial charge in [0, 0.05) is 0 Å². The zero-order valence-electron chi connectivity index (χ0n) is 12.3. The zero-order valence-corrected chi connectivity index (χ0v) is 12.3. The van der Waals surface area contributed by atoms with Crippen molar-refractivity contribution in [3.63, 3.8) is 0 Å². The Morgan fingerprint density at radius 1 is 1.32 bits per heavy atom. The molecule has 0 saturated heterocycles. The molecule has 1 aromatic rings. The smallest absolute Gasteiger partial charge is 0.0930 e. The molecule has 19 heavy (non-hydrogen) atoms. The molecular formula is C18H26O. The van der Waals surface area contributed by atoms with Crippen LogP contribution in [0.5, 0.6) is 0 Å². The molecule has 1 nitrogen and oxygen atoms in total. The van der Waals surface area contributed by atoms with Crippen molar-refractivity contribution in [2.75, 3.05) is 0 Å². The number of hydrogen-bond acceptors (Lipinski definition) is 1. The molecule has 0 aromatic heterocycles. The summed E-state index contributed by atoms with van der Waals surface area (Å²) < 4.78 is 0. The Kier molecular flexibility index (Phi) is 3.42. The van der Waals surface area contributed by atoms with Crippen molar-refractivity contribution in [2.24, 2.45) is 11.8 Å². The maximum Gasteiger partial charge on any atom is 0.0930 e. The summed E-state index contributed by atoms with van der Waals surface area (Å²) in [5, 5.41) is 11.3. The fourth-order valence-corrected chi connectivity index (χ4v) is 4.29. The summed E-state index contributed by atoms with van der Waals surface area (Å²) in [6.07, 6.45) is 8.36. The Bertz CT molecular complexity index is 465. The molecule has 0 aliphatic heterocycles. The summed E-state index contributed by atoms with van der Waals surface area (Å²) >= 11 is 0. The molecule has 2 aliphatic carbocycles. The Hall–Kier alpha value is -0.820. The van der Waals surface area contributed by atoms with Gasteiger partial charge in [0.25, 0.3) is 0 Å². The predicted molar refractivity (Wildman–Crippen MR) is 79.1 cm³/mol. The predicted octanol–water partition coefficient (Wildman–Crippen LogP) is 4.35. The minimum Gasteiger partial charge on any atom is -0.385 e. The highest BCUT2D eigenvalue weighted by molar-refractivity contribution is 5.40. The lowest BCUT2D eigenvalue weighted by Crippen LogP contribution is -2.36. The molecule has 1 aromatic carbocycles. The van der Waals surface area contributed by atoms with E-state index in [-0.39, 0.29) is 0 Å². The second-order valence-corrected chi connectivity index (χ2v) is 6.72. The van der Waals surface area contributed by atoms with Gasteiger partial charge in [-0.15, -0.1) is 0 Å². The van der Waals surface area contributed by atoms with Gasteiger partial charge >= 0.3 is 0 Å². The van der Waals surface area contributed by atoms with E-state index in [1.54, 1.807) is 0 Å². The molecule has 2 aliphatic rings. The molecule has 3 atom stereocenters. The van der Waals surface area contributed by atoms with Crippen LogP contribution in [-0.2, 0) is 12.0 Å². The van der Waals surface area contributed by atoms with E-state index in [4.69, 9.17) is 0 Å². The Morgan fingerprint density at radius 3 is 2.95 bits per heavy atom. The highest BCUT2D eigenvalue weighted by atomic mass is 16.3. The van der Waals surface area contributed by atoms with Gasteiger partial charge in [0.15, 0.2) is 0 Å². The Labute approximate surface area is 117 Å². The summed E-state index contributed by atoms with van der Waals surface area (Å²) in [5.74, 6) is 1.31. The SMILES string of the molecule is CCC1CCCC(C2(O)CCc3ccc(C)cc32)C1. The molecule has 3 rings (SSSR count). The average molecular weight is 258 g/mol. The molecule has 104 valence electrons. The van der Waals surface area contributed by atoms with Crippen molar-refractivity contribution in [1.82, 2.24) is 0 Å². The topological polar surface area (TPSA) is 20.2 Å². The quantitative estimate of drug-likeness (QED) is 0.836. The molecule has 1 heteroatoms. The average Bonchev–Trinajstić information content (AvgIpc) is 2.77. The molecule has 0 heterocycles. The second-order valence-electron chi connectivity index (χ2n) is 6.72. The first kappa shape index (κ1) is 13.2. The number of rotatable bonds is 2. The van der Waals surface area contributed by atoms with Crippen molar-refractivity contribution < 1.29 is 5.11 Å². The molecule has 3 unspecified atom stereocenters. The maximum atomic E-state index is 11.3. The third kappa shape index (κ3) is 2.23. The van der Waals surface area contributed by atoms with Crippen LogP contribution < -0.4 is 0 Å². The summed E-state index contributed by atoms with van der Waals surface area (Å²) in [5.41, 5.74) is 3.37. The second kappa shape index (κ2) is 4.94. The lowest BCUT2D eigenvalue weighted by Gasteiger charge is -2.39. The first-order valence-corrected chi connectivity index (χ1v) is 7.96. The molecule has 1 fully saturated rings. The first-order valence-electron chi connectivity index (χ1n) is 7.96. The van der Waals surface area contributed by atoms with Crippen LogP contribution in [0.2, 0.25) is 0 Å². The molecule has 0 spiro atoms. The van der Waals surface area contributed by atoms with Crippen LogP contribution in [0.25, 0.3) is 0 Å². The van der Waals surface area contributed by atoms with E-state index in [0.717, 1.165) is 18.8 Å². The van der Waals surface area contributed by atoms with Crippen LogP contribution in [-0.4, -0.2) is 5.11 Å². The molecule has 0 bridgehead atoms. The van der Waals surface area contributed by atoms with Crippen LogP contribution in [0.15, 0.2) is 18.2 Å². The third-order valence-electron chi connectivity index (χ3n) is 5.54. The summed E-state index contributed by atoms with van der Waals surface area (Å²) in [6.45, 7) is 4.43. The minimum atomic E-state index is -0.533. The van der Waals surface area contributed by atoms with Gasteiger partial charge in [-0.1, -0.05) is 49.9 Å². The van der Waals surface area contributed by atoms with E-state index in [0.29, 0.717) is 5.92 Å². The number of aryl methyl sites for hydroxylation is 2. The highest BCUT2D eigenvalue weighted by Gasteiger charge is 2.44. The van der Waals surface area contributed by atoms with Crippen molar-refractivity contribution in [1.29, 1.82) is 0 Å². The zero-order chi connectivity index (χ0) is 13.5. The number of hydrogen-bond donors (Lipinski definition) is 1. The number of benzene rings is 1. The monoisotopic (exact) mass is 258 g/mol. The third-order valence-corrected chi connectivity index (χ3v) is 5.54. The van der Waals surface area contributed by atoms with E-state index in [2.05, 4.69) is 32.0 Å². The van der Waals surface area contributed by atoms with Crippen molar-refractivity contribution in [3.05, 3.63) is 34.9 Å². The largest absolute Gasteiger partial charge is 0.385 e. The molecule has 1 N–H and O–H groups in total. The van der Waals surface area contributed by atoms with Crippen molar-refractivity contribution in [3.8, 4) is 0 Å². The first-order chi connectivity index (χ1) is 9.13. The van der Waals surface area contributed by atoms with Gasteiger partial charge in [-0.25, -0.2) is 0 Å². The highest BCUT2D eigenvalue weighted by Crippen LogP contribution is 2.49. The Morgan fingerprint density at radius 2 is 2.16 bits per heavy atom. The van der Waals surface area contributed by atoms with Gasteiger partial charge in [0.05, 0.1) is 5.60 Å². The van der Waals surface area contributed by atoms with Gasteiger partial charge in [-0.3, -0.25) is 0 Å². The van der Waals surface area contributed by atoms with Crippen LogP contribution in [0.1, 0.15) is 62.1 Å². The summed E-state index contributed by atoms with van der Waals surface area (Å²) in [7, 11) is 0. The number of fused-ring (bicyclic) bond motifs is 1. The van der Waals surface area contributed by atoms with Crippen molar-refractivity contribution in [2.45, 2.75) is 64.4 Å². The van der Waals surface area contributed by atoms with Crippen LogP contribution in [0.3, 0.4) is 0 Å². The van der Waals surface area contributed by atoms with Gasteiger partial charge in [-0.2, -0.15) is 0 Å². The molecule has 0 radical (unpaired) electrons. The number of aliphatic hydroxyl groups is 1. The van der Waals surface area contributed by atoms with E-state index in [9.17, 15) is 5.11 Å². The van der Waals surface area contributed by atoms with E-state index in [1.165, 1.54) is 48.8 Å². The van der Waals surface area contributed by atoms with Gasteiger partial charge in [-0.05, 0) is 55.6 Å². The fourth-order valence-electron chi connectivity index (χ4n) is 4.29. The lowest BCUT2D eigenvalue weighted by molar-refractivity contribution is -0.0458. The van der Waals surface area contributed by atoms with E-state index < -0.39 is 5.60 Å². The fraction of sp³-hybridized carbons (Fsp3) is 0.667. The normalized spacial score (nSPS) is 34.3. The van der Waals surface area contributed by atoms with E-state index >= 15 is 0 Å². The van der Waals surface area contributed by atoms with E-state index in [1.807, 2.05) is 0 Å². The minimum absolute atomic E-state index is 0.481. The Balaban J connectivity index is 1.91. The maximum absolute atomic E-state index is 11.3. The summed E-state index contributed by atoms with van der Waals surface area (Å²) in [4.78, 5) is 0. The van der Waals surface area contributed by atoms with Crippen LogP contribution in [0, 0.1) is 18.8 Å². The van der Waals surface area contributed by atoms with Crippen molar-refractivity contribution >= 4 is 0 Å². The van der Waals surface area contributed by atoms with Crippen LogP contribution in [0.4, 0.5) is 0 Å². The molecule has 0 amide bonds. The van der Waals surface area contributed by atoms with Crippen LogP contribution >= 0.6 is 0 Å². The van der Waals surface area contributed by atoms with Gasteiger partial charge < -0.3 is 5.11 Å².